The molecule has 0 aliphatic carbocycles. The largest absolute Gasteiger partial charge is 0.381 e. The Labute approximate surface area is 116 Å². The summed E-state index contributed by atoms with van der Waals surface area (Å²) in [4.78, 5) is 4.49. The summed E-state index contributed by atoms with van der Waals surface area (Å²) >= 11 is 5.99. The normalized spacial score (nSPS) is 21.1. The molecule has 1 aliphatic rings. The standard InChI is InChI=1S/C14H16ClFN2O/c1-9(10-4-5-19-8-10)18-13-6-11(16)2-3-12(13)17-14(18)7-15/h2-3,6,9-10H,4-5,7-8H2,1H3. The fourth-order valence-electron chi connectivity index (χ4n) is 2.81. The second-order valence-corrected chi connectivity index (χ2v) is 5.30. The van der Waals surface area contributed by atoms with Gasteiger partial charge in [-0.1, -0.05) is 0 Å². The van der Waals surface area contributed by atoms with Crippen molar-refractivity contribution >= 4 is 22.6 Å². The molecule has 2 aromatic rings. The molecule has 1 aromatic heterocycles. The zero-order valence-corrected chi connectivity index (χ0v) is 11.5. The van der Waals surface area contributed by atoms with Crippen LogP contribution in [0.3, 0.4) is 0 Å². The van der Waals surface area contributed by atoms with E-state index in [0.717, 1.165) is 36.5 Å². The van der Waals surface area contributed by atoms with E-state index in [1.54, 1.807) is 6.07 Å². The van der Waals surface area contributed by atoms with E-state index in [9.17, 15) is 4.39 Å². The number of benzene rings is 1. The minimum atomic E-state index is -0.246. The zero-order valence-electron chi connectivity index (χ0n) is 10.8. The number of hydrogen-bond acceptors (Lipinski definition) is 2. The summed E-state index contributed by atoms with van der Waals surface area (Å²) in [6.45, 7) is 3.67. The molecule has 0 bridgehead atoms. The van der Waals surface area contributed by atoms with Gasteiger partial charge < -0.3 is 9.30 Å². The quantitative estimate of drug-likeness (QED) is 0.806. The summed E-state index contributed by atoms with van der Waals surface area (Å²) in [5, 5.41) is 0. The van der Waals surface area contributed by atoms with Gasteiger partial charge in [0.1, 0.15) is 11.6 Å². The summed E-state index contributed by atoms with van der Waals surface area (Å²) < 4.78 is 21.0. The lowest BCUT2D eigenvalue weighted by atomic mass is 10.0. The molecule has 1 fully saturated rings. The van der Waals surface area contributed by atoms with Gasteiger partial charge in [-0.25, -0.2) is 9.37 Å². The highest BCUT2D eigenvalue weighted by atomic mass is 35.5. The van der Waals surface area contributed by atoms with Gasteiger partial charge in [0.25, 0.3) is 0 Å². The van der Waals surface area contributed by atoms with Gasteiger partial charge in [-0.05, 0) is 31.5 Å². The van der Waals surface area contributed by atoms with E-state index in [1.807, 2.05) is 0 Å². The van der Waals surface area contributed by atoms with E-state index >= 15 is 0 Å². The fourth-order valence-corrected chi connectivity index (χ4v) is 3.00. The Balaban J connectivity index is 2.11. The van der Waals surface area contributed by atoms with E-state index in [4.69, 9.17) is 16.3 Å². The van der Waals surface area contributed by atoms with Crippen molar-refractivity contribution < 1.29 is 9.13 Å². The van der Waals surface area contributed by atoms with Gasteiger partial charge in [0, 0.05) is 18.6 Å². The van der Waals surface area contributed by atoms with Gasteiger partial charge in [0.15, 0.2) is 0 Å². The van der Waals surface area contributed by atoms with Crippen LogP contribution in [0.2, 0.25) is 0 Å². The third-order valence-electron chi connectivity index (χ3n) is 3.90. The third kappa shape index (κ3) is 2.23. The van der Waals surface area contributed by atoms with Gasteiger partial charge in [0.05, 0.1) is 23.5 Å². The maximum atomic E-state index is 13.5. The molecule has 1 aliphatic heterocycles. The molecule has 2 heterocycles. The van der Waals surface area contributed by atoms with Crippen LogP contribution < -0.4 is 0 Å². The molecule has 0 amide bonds. The summed E-state index contributed by atoms with van der Waals surface area (Å²) in [6, 6.07) is 4.88. The lowest BCUT2D eigenvalue weighted by Crippen LogP contribution is -2.18. The number of halogens is 2. The molecule has 102 valence electrons. The molecule has 5 heteroatoms. The van der Waals surface area contributed by atoms with E-state index < -0.39 is 0 Å². The molecule has 1 aromatic carbocycles. The van der Waals surface area contributed by atoms with E-state index in [1.165, 1.54) is 12.1 Å². The molecule has 0 spiro atoms. The van der Waals surface area contributed by atoms with Gasteiger partial charge in [-0.15, -0.1) is 11.6 Å². The number of aromatic nitrogens is 2. The van der Waals surface area contributed by atoms with Crippen LogP contribution in [0.5, 0.6) is 0 Å². The lowest BCUT2D eigenvalue weighted by Gasteiger charge is -2.22. The number of imidazole rings is 1. The smallest absolute Gasteiger partial charge is 0.125 e. The molecule has 0 radical (unpaired) electrons. The maximum Gasteiger partial charge on any atom is 0.125 e. The van der Waals surface area contributed by atoms with E-state index in [2.05, 4.69) is 16.5 Å². The minimum Gasteiger partial charge on any atom is -0.381 e. The first-order valence-electron chi connectivity index (χ1n) is 6.50. The van der Waals surface area contributed by atoms with Crippen molar-refractivity contribution in [3.8, 4) is 0 Å². The molecule has 3 rings (SSSR count). The molecule has 3 nitrogen and oxygen atoms in total. The predicted octanol–water partition coefficient (Wildman–Crippen LogP) is 3.51. The third-order valence-corrected chi connectivity index (χ3v) is 4.14. The van der Waals surface area contributed by atoms with Crippen LogP contribution >= 0.6 is 11.6 Å². The highest BCUT2D eigenvalue weighted by Crippen LogP contribution is 2.31. The van der Waals surface area contributed by atoms with Crippen LogP contribution in [0.1, 0.15) is 25.2 Å². The monoisotopic (exact) mass is 282 g/mol. The molecular weight excluding hydrogens is 267 g/mol. The molecule has 2 atom stereocenters. The lowest BCUT2D eigenvalue weighted by molar-refractivity contribution is 0.175. The average molecular weight is 283 g/mol. The van der Waals surface area contributed by atoms with Gasteiger partial charge in [-0.3, -0.25) is 0 Å². The molecular formula is C14H16ClFN2O. The highest BCUT2D eigenvalue weighted by Gasteiger charge is 2.26. The fraction of sp³-hybridized carbons (Fsp3) is 0.500. The Kier molecular flexibility index (Phi) is 3.46. The Bertz CT molecular complexity index is 592. The van der Waals surface area contributed by atoms with E-state index in [0.29, 0.717) is 11.8 Å². The first kappa shape index (κ1) is 12.9. The summed E-state index contributed by atoms with van der Waals surface area (Å²) in [5.74, 6) is 1.31. The molecule has 0 N–H and O–H groups in total. The number of fused-ring (bicyclic) bond motifs is 1. The first-order valence-corrected chi connectivity index (χ1v) is 7.04. The van der Waals surface area contributed by atoms with Crippen LogP contribution in [-0.4, -0.2) is 22.8 Å². The van der Waals surface area contributed by atoms with Gasteiger partial charge in [-0.2, -0.15) is 0 Å². The molecule has 2 unspecified atom stereocenters. The van der Waals surface area contributed by atoms with Crippen LogP contribution in [0.15, 0.2) is 18.2 Å². The second kappa shape index (κ2) is 5.10. The number of alkyl halides is 1. The van der Waals surface area contributed by atoms with Crippen LogP contribution in [-0.2, 0) is 10.6 Å². The Morgan fingerprint density at radius 3 is 3.11 bits per heavy atom. The average Bonchev–Trinajstić information content (AvgIpc) is 3.04. The van der Waals surface area contributed by atoms with Gasteiger partial charge in [0.2, 0.25) is 0 Å². The number of ether oxygens (including phenoxy) is 1. The van der Waals surface area contributed by atoms with Crippen molar-refractivity contribution in [3.63, 3.8) is 0 Å². The second-order valence-electron chi connectivity index (χ2n) is 5.03. The first-order chi connectivity index (χ1) is 9.20. The van der Waals surface area contributed by atoms with Gasteiger partial charge >= 0.3 is 0 Å². The van der Waals surface area contributed by atoms with E-state index in [-0.39, 0.29) is 11.9 Å². The van der Waals surface area contributed by atoms with Crippen molar-refractivity contribution in [2.24, 2.45) is 5.92 Å². The summed E-state index contributed by atoms with van der Waals surface area (Å²) in [5.41, 5.74) is 1.61. The summed E-state index contributed by atoms with van der Waals surface area (Å²) in [6.07, 6.45) is 1.03. The Morgan fingerprint density at radius 2 is 2.42 bits per heavy atom. The van der Waals surface area contributed by atoms with Crippen molar-refractivity contribution in [1.29, 1.82) is 0 Å². The Morgan fingerprint density at radius 1 is 1.58 bits per heavy atom. The predicted molar refractivity (Wildman–Crippen MR) is 72.9 cm³/mol. The number of hydrogen-bond donors (Lipinski definition) is 0. The van der Waals surface area contributed by atoms with Crippen molar-refractivity contribution in [1.82, 2.24) is 9.55 Å². The van der Waals surface area contributed by atoms with Crippen molar-refractivity contribution in [2.75, 3.05) is 13.2 Å². The molecule has 0 saturated carbocycles. The highest BCUT2D eigenvalue weighted by molar-refractivity contribution is 6.16. The molecule has 1 saturated heterocycles. The van der Waals surface area contributed by atoms with Crippen LogP contribution in [0, 0.1) is 11.7 Å². The number of rotatable bonds is 3. The van der Waals surface area contributed by atoms with Crippen LogP contribution in [0.4, 0.5) is 4.39 Å². The topological polar surface area (TPSA) is 27.1 Å². The van der Waals surface area contributed by atoms with Crippen molar-refractivity contribution in [2.45, 2.75) is 25.3 Å². The number of nitrogens with zero attached hydrogens (tertiary/aromatic N) is 2. The minimum absolute atomic E-state index is 0.211. The Hall–Kier alpha value is -1.13. The summed E-state index contributed by atoms with van der Waals surface area (Å²) in [7, 11) is 0. The molecule has 19 heavy (non-hydrogen) atoms. The zero-order chi connectivity index (χ0) is 13.4. The van der Waals surface area contributed by atoms with Crippen LogP contribution in [0.25, 0.3) is 11.0 Å². The maximum absolute atomic E-state index is 13.5. The SMILES string of the molecule is CC(C1CCOC1)n1c(CCl)nc2ccc(F)cc21. The van der Waals surface area contributed by atoms with Crippen molar-refractivity contribution in [3.05, 3.63) is 29.8 Å².